The Morgan fingerprint density at radius 1 is 0.577 bits per heavy atom. The third kappa shape index (κ3) is 2.98. The summed E-state index contributed by atoms with van der Waals surface area (Å²) in [6.45, 7) is 0. The minimum Gasteiger partial charge on any atom is -0.309 e. The molecule has 0 saturated heterocycles. The first-order chi connectivity index (χ1) is 12.8. The molecule has 2 heterocycles. The molecule has 0 unspecified atom stereocenters. The molecule has 4 aromatic rings. The van der Waals surface area contributed by atoms with E-state index in [1.54, 1.807) is 24.8 Å². The molecule has 0 saturated carbocycles. The van der Waals surface area contributed by atoms with Crippen LogP contribution < -0.4 is 15.9 Å². The van der Waals surface area contributed by atoms with Gasteiger partial charge in [0.25, 0.3) is 0 Å². The van der Waals surface area contributed by atoms with Crippen molar-refractivity contribution in [2.75, 3.05) is 0 Å². The van der Waals surface area contributed by atoms with Crippen LogP contribution in [0, 0.1) is 0 Å². The maximum atomic E-state index is 14.3. The Hall–Kier alpha value is -3.03. The lowest BCUT2D eigenvalue weighted by molar-refractivity contribution is 0.592. The van der Waals surface area contributed by atoms with Crippen LogP contribution in [-0.4, -0.2) is 9.97 Å². The summed E-state index contributed by atoms with van der Waals surface area (Å²) in [5.74, 6) is 0. The van der Waals surface area contributed by atoms with E-state index in [0.29, 0.717) is 10.6 Å². The first kappa shape index (κ1) is 16.4. The van der Waals surface area contributed by atoms with E-state index in [9.17, 15) is 4.57 Å². The average Bonchev–Trinajstić information content (AvgIpc) is 2.75. The maximum absolute atomic E-state index is 14.3. The predicted molar refractivity (Wildman–Crippen MR) is 107 cm³/mol. The highest BCUT2D eigenvalue weighted by atomic mass is 31.2. The fraction of sp³-hybridized carbons (Fsp3) is 0. The molecule has 0 aliphatic heterocycles. The van der Waals surface area contributed by atoms with Crippen LogP contribution in [0.1, 0.15) is 0 Å². The van der Waals surface area contributed by atoms with Gasteiger partial charge in [0.15, 0.2) is 7.14 Å². The molecule has 0 aliphatic carbocycles. The minimum atomic E-state index is -3.05. The Morgan fingerprint density at radius 3 is 1.73 bits per heavy atom. The van der Waals surface area contributed by atoms with Gasteiger partial charge < -0.3 is 4.57 Å². The fourth-order valence-electron chi connectivity index (χ4n) is 3.04. The van der Waals surface area contributed by atoms with Crippen molar-refractivity contribution in [3.63, 3.8) is 0 Å². The van der Waals surface area contributed by atoms with Gasteiger partial charge in [0, 0.05) is 40.7 Å². The van der Waals surface area contributed by atoms with Gasteiger partial charge in [0.05, 0.1) is 0 Å². The van der Waals surface area contributed by atoms with Crippen molar-refractivity contribution in [2.24, 2.45) is 0 Å². The molecule has 0 bridgehead atoms. The molecule has 0 atom stereocenters. The van der Waals surface area contributed by atoms with Crippen molar-refractivity contribution in [1.82, 2.24) is 9.97 Å². The number of pyridine rings is 2. The molecule has 4 heteroatoms. The van der Waals surface area contributed by atoms with E-state index in [4.69, 9.17) is 0 Å². The molecule has 126 valence electrons. The maximum Gasteiger partial charge on any atom is 0.174 e. The highest BCUT2D eigenvalue weighted by molar-refractivity contribution is 7.85. The summed E-state index contributed by atoms with van der Waals surface area (Å²) in [6.07, 6.45) is 6.75. The van der Waals surface area contributed by atoms with E-state index < -0.39 is 7.14 Å². The van der Waals surface area contributed by atoms with Gasteiger partial charge >= 0.3 is 0 Å². The van der Waals surface area contributed by atoms with Crippen molar-refractivity contribution in [3.05, 3.63) is 104 Å². The normalized spacial score (nSPS) is 11.2. The van der Waals surface area contributed by atoms with Gasteiger partial charge in [-0.3, -0.25) is 9.97 Å². The molecule has 0 fully saturated rings. The van der Waals surface area contributed by atoms with E-state index in [1.165, 1.54) is 0 Å². The summed E-state index contributed by atoms with van der Waals surface area (Å²) >= 11 is 0. The Kier molecular flexibility index (Phi) is 4.47. The van der Waals surface area contributed by atoms with Crippen molar-refractivity contribution in [3.8, 4) is 11.1 Å². The summed E-state index contributed by atoms with van der Waals surface area (Å²) in [5.41, 5.74) is 2.13. The standard InChI is InChI=1S/C22H17N2OP/c25-26(21-11-5-13-23-16-21,22-12-6-14-24-17-22)20-10-4-9-19(15-20)18-7-2-1-3-8-18/h1-17H. The van der Waals surface area contributed by atoms with Crippen LogP contribution in [0.25, 0.3) is 11.1 Å². The second-order valence-electron chi connectivity index (χ2n) is 5.95. The molecule has 0 spiro atoms. The van der Waals surface area contributed by atoms with E-state index in [0.717, 1.165) is 16.4 Å². The van der Waals surface area contributed by atoms with Crippen molar-refractivity contribution < 1.29 is 4.57 Å². The largest absolute Gasteiger partial charge is 0.309 e. The van der Waals surface area contributed by atoms with Crippen molar-refractivity contribution in [1.29, 1.82) is 0 Å². The zero-order valence-corrected chi connectivity index (χ0v) is 15.0. The van der Waals surface area contributed by atoms with Gasteiger partial charge in [-0.1, -0.05) is 48.5 Å². The first-order valence-corrected chi connectivity index (χ1v) is 10.1. The van der Waals surface area contributed by atoms with Crippen LogP contribution in [0.15, 0.2) is 104 Å². The molecule has 26 heavy (non-hydrogen) atoms. The Morgan fingerprint density at radius 2 is 1.15 bits per heavy atom. The van der Waals surface area contributed by atoms with Crippen LogP contribution >= 0.6 is 7.14 Å². The number of hydrogen-bond donors (Lipinski definition) is 0. The highest BCUT2D eigenvalue weighted by Gasteiger charge is 2.30. The molecule has 2 aromatic heterocycles. The quantitative estimate of drug-likeness (QED) is 0.523. The zero-order valence-electron chi connectivity index (χ0n) is 14.1. The van der Waals surface area contributed by atoms with Crippen LogP contribution in [0.5, 0.6) is 0 Å². The number of rotatable bonds is 4. The minimum absolute atomic E-state index is 0.707. The second kappa shape index (κ2) is 7.07. The third-order valence-corrected chi connectivity index (χ3v) is 7.32. The number of benzene rings is 2. The molecule has 4 rings (SSSR count). The van der Waals surface area contributed by atoms with E-state index in [-0.39, 0.29) is 0 Å². The lowest BCUT2D eigenvalue weighted by Crippen LogP contribution is -2.25. The molecule has 3 nitrogen and oxygen atoms in total. The zero-order chi connectivity index (χ0) is 17.8. The molecule has 2 aromatic carbocycles. The monoisotopic (exact) mass is 356 g/mol. The summed E-state index contributed by atoms with van der Waals surface area (Å²) < 4.78 is 14.3. The summed E-state index contributed by atoms with van der Waals surface area (Å²) in [5, 5.41) is 2.19. The van der Waals surface area contributed by atoms with Crippen LogP contribution in [0.3, 0.4) is 0 Å². The summed E-state index contributed by atoms with van der Waals surface area (Å²) in [6, 6.07) is 25.4. The summed E-state index contributed by atoms with van der Waals surface area (Å²) in [7, 11) is -3.05. The lowest BCUT2D eigenvalue weighted by atomic mass is 10.1. The fourth-order valence-corrected chi connectivity index (χ4v) is 5.60. The molecule has 0 N–H and O–H groups in total. The van der Waals surface area contributed by atoms with Gasteiger partial charge in [0.1, 0.15) is 0 Å². The van der Waals surface area contributed by atoms with Gasteiger partial charge in [0.2, 0.25) is 0 Å². The van der Waals surface area contributed by atoms with Gasteiger partial charge in [-0.2, -0.15) is 0 Å². The van der Waals surface area contributed by atoms with E-state index >= 15 is 0 Å². The molecule has 0 aliphatic rings. The second-order valence-corrected chi connectivity index (χ2v) is 8.72. The molecule has 0 radical (unpaired) electrons. The molecule has 0 amide bonds. The summed E-state index contributed by atoms with van der Waals surface area (Å²) in [4.78, 5) is 8.38. The number of nitrogens with zero attached hydrogens (tertiary/aromatic N) is 2. The van der Waals surface area contributed by atoms with E-state index in [1.807, 2.05) is 66.7 Å². The lowest BCUT2D eigenvalue weighted by Gasteiger charge is -2.20. The van der Waals surface area contributed by atoms with Crippen molar-refractivity contribution in [2.45, 2.75) is 0 Å². The Balaban J connectivity index is 1.93. The van der Waals surface area contributed by atoms with Crippen LogP contribution in [0.2, 0.25) is 0 Å². The average molecular weight is 356 g/mol. The van der Waals surface area contributed by atoms with Gasteiger partial charge in [-0.25, -0.2) is 0 Å². The van der Waals surface area contributed by atoms with Gasteiger partial charge in [-0.15, -0.1) is 0 Å². The molecular formula is C22H17N2OP. The highest BCUT2D eigenvalue weighted by Crippen LogP contribution is 2.42. The first-order valence-electron chi connectivity index (χ1n) is 8.36. The predicted octanol–water partition coefficient (Wildman–Crippen LogP) is 3.78. The van der Waals surface area contributed by atoms with Crippen LogP contribution in [0.4, 0.5) is 0 Å². The van der Waals surface area contributed by atoms with E-state index in [2.05, 4.69) is 22.1 Å². The SMILES string of the molecule is O=P(c1cccnc1)(c1cccnc1)c1cccc(-c2ccccc2)c1. The Bertz CT molecular complexity index is 1010. The topological polar surface area (TPSA) is 42.9 Å². The van der Waals surface area contributed by atoms with Crippen LogP contribution in [-0.2, 0) is 4.57 Å². The van der Waals surface area contributed by atoms with Gasteiger partial charge in [-0.05, 0) is 41.5 Å². The molecular weight excluding hydrogens is 339 g/mol. The third-order valence-electron chi connectivity index (χ3n) is 4.34. The number of hydrogen-bond acceptors (Lipinski definition) is 3. The Labute approximate surface area is 152 Å². The smallest absolute Gasteiger partial charge is 0.174 e. The van der Waals surface area contributed by atoms with Crippen molar-refractivity contribution >= 4 is 23.1 Å². The number of aromatic nitrogens is 2.